The van der Waals surface area contributed by atoms with Crippen LogP contribution in [-0.4, -0.2) is 18.1 Å². The molecule has 2 heteroatoms. The maximum Gasteiger partial charge on any atom is 0.0313 e. The third-order valence-corrected chi connectivity index (χ3v) is 1.38. The van der Waals surface area contributed by atoms with Crippen molar-refractivity contribution in [3.05, 3.63) is 12.7 Å². The van der Waals surface area contributed by atoms with E-state index in [1.54, 1.807) is 17.8 Å². The molecule has 2 N–H and O–H groups in total. The molecule has 0 aromatic rings. The summed E-state index contributed by atoms with van der Waals surface area (Å²) in [6.45, 7) is 3.54. The average Bonchev–Trinajstić information content (AvgIpc) is 1.68. The molecular weight excluding hydrogens is 106 g/mol. The van der Waals surface area contributed by atoms with Gasteiger partial charge >= 0.3 is 0 Å². The molecule has 0 aliphatic carbocycles. The van der Waals surface area contributed by atoms with Crippen molar-refractivity contribution in [3.8, 4) is 0 Å². The monoisotopic (exact) mass is 117 g/mol. The molecule has 42 valence electrons. The number of hydrogen-bond acceptors (Lipinski definition) is 2. The van der Waals surface area contributed by atoms with Crippen LogP contribution in [0.25, 0.3) is 0 Å². The van der Waals surface area contributed by atoms with Crippen LogP contribution in [0.15, 0.2) is 12.7 Å². The van der Waals surface area contributed by atoms with Crippen LogP contribution in [0, 0.1) is 0 Å². The zero-order valence-corrected chi connectivity index (χ0v) is 5.37. The normalized spacial score (nSPS) is 13.4. The summed E-state index contributed by atoms with van der Waals surface area (Å²) >= 11 is 1.74. The Morgan fingerprint density at radius 2 is 2.57 bits per heavy atom. The van der Waals surface area contributed by atoms with Crippen LogP contribution in [-0.2, 0) is 0 Å². The highest BCUT2D eigenvalue weighted by molar-refractivity contribution is 7.98. The van der Waals surface area contributed by atoms with Crippen molar-refractivity contribution in [1.29, 1.82) is 0 Å². The highest BCUT2D eigenvalue weighted by Crippen LogP contribution is 1.93. The minimum absolute atomic E-state index is 0.176. The third kappa shape index (κ3) is 3.89. The fourth-order valence-electron chi connectivity index (χ4n) is 0.260. The van der Waals surface area contributed by atoms with Crippen LogP contribution in [0.2, 0.25) is 0 Å². The van der Waals surface area contributed by atoms with E-state index in [0.29, 0.717) is 0 Å². The summed E-state index contributed by atoms with van der Waals surface area (Å²) in [7, 11) is 0. The van der Waals surface area contributed by atoms with Crippen LogP contribution >= 0.6 is 11.8 Å². The Morgan fingerprint density at radius 3 is 2.71 bits per heavy atom. The maximum absolute atomic E-state index is 5.44. The molecule has 0 aliphatic heterocycles. The molecule has 0 saturated carbocycles. The Bertz CT molecular complexity index is 54.0. The summed E-state index contributed by atoms with van der Waals surface area (Å²) in [5.74, 6) is 0.976. The van der Waals surface area contributed by atoms with Crippen molar-refractivity contribution < 1.29 is 0 Å². The molecule has 1 nitrogen and oxygen atoms in total. The Balaban J connectivity index is 2.98. The Morgan fingerprint density at radius 1 is 2.00 bits per heavy atom. The third-order valence-electron chi connectivity index (χ3n) is 0.662. The molecule has 0 fully saturated rings. The predicted octanol–water partition coefficient (Wildman–Crippen LogP) is 0.863. The first-order chi connectivity index (χ1) is 3.31. The van der Waals surface area contributed by atoms with Crippen molar-refractivity contribution >= 4 is 11.8 Å². The Kier molecular flexibility index (Phi) is 4.25. The van der Waals surface area contributed by atoms with Gasteiger partial charge in [-0.1, -0.05) is 6.08 Å². The second-order valence-electron chi connectivity index (χ2n) is 1.35. The number of rotatable bonds is 3. The molecule has 0 radical (unpaired) electrons. The first-order valence-electron chi connectivity index (χ1n) is 2.18. The van der Waals surface area contributed by atoms with Gasteiger partial charge in [-0.05, 0) is 6.26 Å². The molecule has 1 atom stereocenters. The molecule has 0 unspecified atom stereocenters. The minimum Gasteiger partial charge on any atom is -0.324 e. The smallest absolute Gasteiger partial charge is 0.0313 e. The zero-order chi connectivity index (χ0) is 5.70. The lowest BCUT2D eigenvalue weighted by Gasteiger charge is -1.99. The van der Waals surface area contributed by atoms with Gasteiger partial charge in [-0.3, -0.25) is 0 Å². The summed E-state index contributed by atoms with van der Waals surface area (Å²) < 4.78 is 0. The van der Waals surface area contributed by atoms with Gasteiger partial charge in [-0.15, -0.1) is 6.58 Å². The van der Waals surface area contributed by atoms with E-state index in [4.69, 9.17) is 5.73 Å². The van der Waals surface area contributed by atoms with Gasteiger partial charge in [-0.25, -0.2) is 0 Å². The molecule has 0 saturated heterocycles. The molecule has 0 aromatic heterocycles. The van der Waals surface area contributed by atoms with Crippen molar-refractivity contribution in [3.63, 3.8) is 0 Å². The van der Waals surface area contributed by atoms with Gasteiger partial charge in [0.2, 0.25) is 0 Å². The molecule has 0 aromatic carbocycles. The molecule has 0 aliphatic rings. The van der Waals surface area contributed by atoms with Crippen molar-refractivity contribution in [2.24, 2.45) is 5.73 Å². The highest BCUT2D eigenvalue weighted by atomic mass is 32.2. The molecule has 0 spiro atoms. The van der Waals surface area contributed by atoms with Crippen LogP contribution in [0.3, 0.4) is 0 Å². The van der Waals surface area contributed by atoms with Gasteiger partial charge in [0.1, 0.15) is 0 Å². The quantitative estimate of drug-likeness (QED) is 0.555. The summed E-state index contributed by atoms with van der Waals surface area (Å²) in [6, 6.07) is 0.176. The zero-order valence-electron chi connectivity index (χ0n) is 4.55. The lowest BCUT2D eigenvalue weighted by Crippen LogP contribution is -2.18. The lowest BCUT2D eigenvalue weighted by molar-refractivity contribution is 0.945. The van der Waals surface area contributed by atoms with Gasteiger partial charge in [0.15, 0.2) is 0 Å². The van der Waals surface area contributed by atoms with Crippen LogP contribution in [0.1, 0.15) is 0 Å². The van der Waals surface area contributed by atoms with E-state index in [2.05, 4.69) is 6.58 Å². The molecular formula is C5H11NS. The summed E-state index contributed by atoms with van der Waals surface area (Å²) in [5.41, 5.74) is 5.44. The van der Waals surface area contributed by atoms with Gasteiger partial charge < -0.3 is 5.73 Å². The molecule has 0 bridgehead atoms. The SMILES string of the molecule is C=C[C@H](N)CSC. The molecule has 0 amide bonds. The highest BCUT2D eigenvalue weighted by Gasteiger charge is 1.89. The minimum atomic E-state index is 0.176. The second-order valence-corrected chi connectivity index (χ2v) is 2.27. The summed E-state index contributed by atoms with van der Waals surface area (Å²) in [5, 5.41) is 0. The molecule has 0 heterocycles. The van der Waals surface area contributed by atoms with Gasteiger partial charge in [-0.2, -0.15) is 11.8 Å². The Hall–Kier alpha value is 0.0500. The average molecular weight is 117 g/mol. The maximum atomic E-state index is 5.44. The Labute approximate surface area is 49.0 Å². The van der Waals surface area contributed by atoms with E-state index >= 15 is 0 Å². The predicted molar refractivity (Wildman–Crippen MR) is 36.6 cm³/mol. The number of hydrogen-bond donors (Lipinski definition) is 1. The van der Waals surface area contributed by atoms with Crippen LogP contribution in [0.5, 0.6) is 0 Å². The molecule has 0 rings (SSSR count). The number of nitrogens with two attached hydrogens (primary N) is 1. The van der Waals surface area contributed by atoms with E-state index in [1.807, 2.05) is 6.26 Å². The fourth-order valence-corrected chi connectivity index (χ4v) is 0.781. The van der Waals surface area contributed by atoms with Crippen LogP contribution < -0.4 is 5.73 Å². The second kappa shape index (κ2) is 4.22. The van der Waals surface area contributed by atoms with E-state index in [-0.39, 0.29) is 6.04 Å². The largest absolute Gasteiger partial charge is 0.324 e. The van der Waals surface area contributed by atoms with Crippen molar-refractivity contribution in [2.75, 3.05) is 12.0 Å². The van der Waals surface area contributed by atoms with E-state index in [0.717, 1.165) is 5.75 Å². The lowest BCUT2D eigenvalue weighted by atomic mass is 10.4. The van der Waals surface area contributed by atoms with Gasteiger partial charge in [0.05, 0.1) is 0 Å². The van der Waals surface area contributed by atoms with E-state index in [9.17, 15) is 0 Å². The summed E-state index contributed by atoms with van der Waals surface area (Å²) in [6.07, 6.45) is 3.79. The fraction of sp³-hybridized carbons (Fsp3) is 0.600. The van der Waals surface area contributed by atoms with Crippen molar-refractivity contribution in [1.82, 2.24) is 0 Å². The van der Waals surface area contributed by atoms with Gasteiger partial charge in [0, 0.05) is 11.8 Å². The first kappa shape index (κ1) is 7.05. The first-order valence-corrected chi connectivity index (χ1v) is 3.57. The van der Waals surface area contributed by atoms with Gasteiger partial charge in [0.25, 0.3) is 0 Å². The van der Waals surface area contributed by atoms with Crippen LogP contribution in [0.4, 0.5) is 0 Å². The number of thioether (sulfide) groups is 1. The molecule has 7 heavy (non-hydrogen) atoms. The van der Waals surface area contributed by atoms with Crippen molar-refractivity contribution in [2.45, 2.75) is 6.04 Å². The van der Waals surface area contributed by atoms with E-state index < -0.39 is 0 Å². The standard InChI is InChI=1S/C5H11NS/c1-3-5(6)4-7-2/h3,5H,1,4,6H2,2H3/t5-/m0/s1. The summed E-state index contributed by atoms with van der Waals surface area (Å²) in [4.78, 5) is 0. The topological polar surface area (TPSA) is 26.0 Å². The van der Waals surface area contributed by atoms with E-state index in [1.165, 1.54) is 0 Å².